The van der Waals surface area contributed by atoms with Crippen LogP contribution in [0.1, 0.15) is 20.3 Å². The molecule has 10 unspecified atom stereocenters. The van der Waals surface area contributed by atoms with Crippen LogP contribution in [0.25, 0.3) is 0 Å². The van der Waals surface area contributed by atoms with Gasteiger partial charge in [-0.2, -0.15) is 0 Å². The SMILES string of the molecule is C/C=C/C(=O)C1=C(O)C(O)(C(O)C(O)C(O)C(O)CCO)C(O)=C(C(O)C2OCC(O)C(C)C2O)C1=O. The van der Waals surface area contributed by atoms with Gasteiger partial charge in [-0.3, -0.25) is 9.59 Å². The van der Waals surface area contributed by atoms with E-state index in [1.54, 1.807) is 0 Å². The van der Waals surface area contributed by atoms with Crippen LogP contribution >= 0.6 is 0 Å². The molecule has 0 bridgehead atoms. The molecule has 1 aliphatic heterocycles. The number of ether oxygens (including phenoxy) is 1. The topological polar surface area (TPSA) is 266 Å². The molecule has 2 aliphatic rings. The van der Waals surface area contributed by atoms with E-state index in [9.17, 15) is 60.7 Å². The summed E-state index contributed by atoms with van der Waals surface area (Å²) >= 11 is 0. The lowest BCUT2D eigenvalue weighted by atomic mass is 9.73. The molecule has 0 amide bonds. The highest BCUT2D eigenvalue weighted by Crippen LogP contribution is 2.41. The van der Waals surface area contributed by atoms with Crippen molar-refractivity contribution < 1.29 is 70.5 Å². The molecule has 0 aromatic rings. The molecule has 0 saturated carbocycles. The maximum atomic E-state index is 13.2. The zero-order valence-electron chi connectivity index (χ0n) is 20.1. The lowest BCUT2D eigenvalue weighted by Crippen LogP contribution is -2.61. The first-order chi connectivity index (χ1) is 17.2. The summed E-state index contributed by atoms with van der Waals surface area (Å²) in [5.41, 5.74) is -5.99. The minimum Gasteiger partial charge on any atom is -0.508 e. The van der Waals surface area contributed by atoms with Gasteiger partial charge in [-0.25, -0.2) is 0 Å². The van der Waals surface area contributed by atoms with Gasteiger partial charge in [-0.05, 0) is 19.4 Å². The first kappa shape index (κ1) is 31.0. The molecule has 1 saturated heterocycles. The van der Waals surface area contributed by atoms with Gasteiger partial charge in [0.2, 0.25) is 11.4 Å². The van der Waals surface area contributed by atoms with E-state index in [4.69, 9.17) is 9.84 Å². The molecular formula is C23H34O14. The van der Waals surface area contributed by atoms with Crippen LogP contribution in [-0.2, 0) is 14.3 Å². The van der Waals surface area contributed by atoms with Crippen LogP contribution in [0, 0.1) is 5.92 Å². The molecule has 210 valence electrons. The van der Waals surface area contributed by atoms with E-state index < -0.39 is 114 Å². The van der Waals surface area contributed by atoms with Gasteiger partial charge < -0.3 is 60.9 Å². The monoisotopic (exact) mass is 534 g/mol. The third kappa shape index (κ3) is 5.49. The summed E-state index contributed by atoms with van der Waals surface area (Å²) in [4.78, 5) is 25.8. The molecule has 0 aromatic carbocycles. The number of hydrogen-bond donors (Lipinski definition) is 11. The second-order valence-electron chi connectivity index (χ2n) is 9.11. The van der Waals surface area contributed by atoms with E-state index in [0.29, 0.717) is 0 Å². The molecule has 0 spiro atoms. The molecule has 1 fully saturated rings. The fourth-order valence-electron chi connectivity index (χ4n) is 4.27. The van der Waals surface area contributed by atoms with E-state index >= 15 is 0 Å². The predicted octanol–water partition coefficient (Wildman–Crippen LogP) is -3.99. The van der Waals surface area contributed by atoms with Gasteiger partial charge in [0.15, 0.2) is 5.78 Å². The zero-order valence-corrected chi connectivity index (χ0v) is 20.1. The fraction of sp³-hybridized carbons (Fsp3) is 0.652. The first-order valence-electron chi connectivity index (χ1n) is 11.5. The maximum Gasteiger partial charge on any atom is 0.208 e. The Bertz CT molecular complexity index is 957. The van der Waals surface area contributed by atoms with Gasteiger partial charge in [0.05, 0.1) is 30.5 Å². The van der Waals surface area contributed by atoms with Crippen LogP contribution < -0.4 is 0 Å². The lowest BCUT2D eigenvalue weighted by Gasteiger charge is -2.42. The number of Topliss-reactive ketones (excluding diaryl/α,β-unsaturated/α-hetero) is 1. The van der Waals surface area contributed by atoms with E-state index in [1.807, 2.05) is 0 Å². The van der Waals surface area contributed by atoms with Crippen LogP contribution in [-0.4, -0.2) is 135 Å². The number of aliphatic hydroxyl groups is 11. The fourth-order valence-corrected chi connectivity index (χ4v) is 4.27. The molecule has 0 aromatic heterocycles. The van der Waals surface area contributed by atoms with Crippen LogP contribution in [0.3, 0.4) is 0 Å². The van der Waals surface area contributed by atoms with Crippen molar-refractivity contribution in [1.82, 2.24) is 0 Å². The highest BCUT2D eigenvalue weighted by atomic mass is 16.5. The standard InChI is InChI=1S/C23H34O14/c1-3-4-9(25)12-16(30)13(17(31)19-14(28)8(2)11(27)7-37-19)21(34)23(36,20(12)33)22(35)18(32)15(29)10(26)5-6-24/h3-4,8,10-11,14-15,17-19,22,24,26-29,31-36H,5-7H2,1-2H3/b4-3+. The van der Waals surface area contributed by atoms with Gasteiger partial charge in [0, 0.05) is 12.5 Å². The number of allylic oxidation sites excluding steroid dienone is 3. The largest absolute Gasteiger partial charge is 0.508 e. The van der Waals surface area contributed by atoms with Gasteiger partial charge in [-0.15, -0.1) is 0 Å². The highest BCUT2D eigenvalue weighted by molar-refractivity contribution is 6.30. The van der Waals surface area contributed by atoms with E-state index in [2.05, 4.69) is 0 Å². The normalized spacial score (nSPS) is 33.4. The summed E-state index contributed by atoms with van der Waals surface area (Å²) in [6.07, 6.45) is -14.8. The first-order valence-corrected chi connectivity index (χ1v) is 11.5. The van der Waals surface area contributed by atoms with Crippen molar-refractivity contribution in [2.24, 2.45) is 5.92 Å². The Balaban J connectivity index is 2.69. The van der Waals surface area contributed by atoms with Crippen LogP contribution in [0.5, 0.6) is 0 Å². The quantitative estimate of drug-likeness (QED) is 0.0943. The molecule has 10 atom stereocenters. The van der Waals surface area contributed by atoms with Gasteiger partial charge in [0.25, 0.3) is 0 Å². The second kappa shape index (κ2) is 12.1. The summed E-state index contributed by atoms with van der Waals surface area (Å²) in [6, 6.07) is 0. The molecule has 1 heterocycles. The number of carbonyl (C=O) groups excluding carboxylic acids is 2. The van der Waals surface area contributed by atoms with Gasteiger partial charge >= 0.3 is 0 Å². The molecule has 37 heavy (non-hydrogen) atoms. The van der Waals surface area contributed by atoms with E-state index in [-0.39, 0.29) is 0 Å². The third-order valence-electron chi connectivity index (χ3n) is 6.72. The van der Waals surface area contributed by atoms with Crippen molar-refractivity contribution in [3.8, 4) is 0 Å². The van der Waals surface area contributed by atoms with Crippen molar-refractivity contribution in [2.75, 3.05) is 13.2 Å². The Hall–Kier alpha value is -2.24. The summed E-state index contributed by atoms with van der Waals surface area (Å²) in [5, 5.41) is 114. The molecule has 1 aliphatic carbocycles. The van der Waals surface area contributed by atoms with E-state index in [1.165, 1.54) is 13.8 Å². The summed E-state index contributed by atoms with van der Waals surface area (Å²) in [5.74, 6) is -6.90. The number of hydrogen-bond acceptors (Lipinski definition) is 14. The molecule has 14 nitrogen and oxygen atoms in total. The van der Waals surface area contributed by atoms with Crippen LogP contribution in [0.15, 0.2) is 34.8 Å². The Morgan fingerprint density at radius 1 is 1.11 bits per heavy atom. The van der Waals surface area contributed by atoms with Gasteiger partial charge in [0.1, 0.15) is 47.6 Å². The van der Waals surface area contributed by atoms with Crippen molar-refractivity contribution in [3.05, 3.63) is 34.8 Å². The van der Waals surface area contributed by atoms with Crippen molar-refractivity contribution in [1.29, 1.82) is 0 Å². The molecule has 2 rings (SSSR count). The van der Waals surface area contributed by atoms with Crippen LogP contribution in [0.2, 0.25) is 0 Å². The average Bonchev–Trinajstić information content (AvgIpc) is 2.85. The maximum absolute atomic E-state index is 13.2. The zero-order chi connectivity index (χ0) is 28.4. The minimum absolute atomic E-state index is 0.409. The Kier molecular flexibility index (Phi) is 10.1. The number of ketones is 2. The molecule has 0 radical (unpaired) electrons. The predicted molar refractivity (Wildman–Crippen MR) is 122 cm³/mol. The minimum atomic E-state index is -3.58. The Morgan fingerprint density at radius 2 is 1.70 bits per heavy atom. The number of aliphatic hydroxyl groups excluding tert-OH is 10. The summed E-state index contributed by atoms with van der Waals surface area (Å²) in [7, 11) is 0. The average molecular weight is 535 g/mol. The second-order valence-corrected chi connectivity index (χ2v) is 9.11. The Labute approximate surface area is 211 Å². The third-order valence-corrected chi connectivity index (χ3v) is 6.72. The Morgan fingerprint density at radius 3 is 2.24 bits per heavy atom. The number of rotatable bonds is 10. The summed E-state index contributed by atoms with van der Waals surface area (Å²) in [6.45, 7) is 1.71. The molecule has 11 N–H and O–H groups in total. The smallest absolute Gasteiger partial charge is 0.208 e. The molecule has 14 heteroatoms. The van der Waals surface area contributed by atoms with Crippen molar-refractivity contribution >= 4 is 11.6 Å². The summed E-state index contributed by atoms with van der Waals surface area (Å²) < 4.78 is 5.21. The van der Waals surface area contributed by atoms with Crippen molar-refractivity contribution in [3.63, 3.8) is 0 Å². The van der Waals surface area contributed by atoms with E-state index in [0.717, 1.165) is 12.2 Å². The van der Waals surface area contributed by atoms with Crippen LogP contribution in [0.4, 0.5) is 0 Å². The highest BCUT2D eigenvalue weighted by Gasteiger charge is 2.58. The number of carbonyl (C=O) groups is 2. The molecular weight excluding hydrogens is 500 g/mol. The lowest BCUT2D eigenvalue weighted by molar-refractivity contribution is -0.183. The van der Waals surface area contributed by atoms with Crippen molar-refractivity contribution in [2.45, 2.75) is 74.7 Å². The van der Waals surface area contributed by atoms with Gasteiger partial charge in [-0.1, -0.05) is 13.0 Å².